The normalized spacial score (nSPS) is 10.8. The van der Waals surface area contributed by atoms with E-state index in [0.29, 0.717) is 5.52 Å². The van der Waals surface area contributed by atoms with E-state index in [9.17, 15) is 5.11 Å². The zero-order valence-corrected chi connectivity index (χ0v) is 11.5. The Morgan fingerprint density at radius 2 is 1.89 bits per heavy atom. The van der Waals surface area contributed by atoms with Gasteiger partial charge in [-0.25, -0.2) is 0 Å². The van der Waals surface area contributed by atoms with Crippen LogP contribution in [0.3, 0.4) is 0 Å². The average Bonchev–Trinajstić information content (AvgIpc) is 2.77. The molecule has 0 bridgehead atoms. The van der Waals surface area contributed by atoms with Gasteiger partial charge in [0.1, 0.15) is 11.3 Å². The van der Waals surface area contributed by atoms with Crippen molar-refractivity contribution in [3.63, 3.8) is 0 Å². The summed E-state index contributed by atoms with van der Waals surface area (Å²) in [5.41, 5.74) is 2.79. The van der Waals surface area contributed by atoms with E-state index in [1.807, 2.05) is 31.2 Å². The SMILES string of the molecule is COc1ccnc2c(O)c(-c3ccc(C)cc3)sc12. The van der Waals surface area contributed by atoms with Crippen molar-refractivity contribution in [1.29, 1.82) is 0 Å². The van der Waals surface area contributed by atoms with Gasteiger partial charge in [-0.15, -0.1) is 11.3 Å². The van der Waals surface area contributed by atoms with Gasteiger partial charge in [0, 0.05) is 6.20 Å². The molecule has 0 unspecified atom stereocenters. The van der Waals surface area contributed by atoms with Gasteiger partial charge >= 0.3 is 0 Å². The molecule has 3 aromatic rings. The monoisotopic (exact) mass is 271 g/mol. The molecule has 2 aromatic heterocycles. The Balaban J connectivity index is 2.25. The van der Waals surface area contributed by atoms with Gasteiger partial charge in [0.2, 0.25) is 0 Å². The van der Waals surface area contributed by atoms with Crippen molar-refractivity contribution in [3.8, 4) is 21.9 Å². The number of ether oxygens (including phenoxy) is 1. The minimum Gasteiger partial charge on any atom is -0.504 e. The molecule has 19 heavy (non-hydrogen) atoms. The van der Waals surface area contributed by atoms with E-state index >= 15 is 0 Å². The number of benzene rings is 1. The molecule has 0 saturated heterocycles. The highest BCUT2D eigenvalue weighted by Gasteiger charge is 2.16. The van der Waals surface area contributed by atoms with Crippen molar-refractivity contribution in [3.05, 3.63) is 42.1 Å². The third kappa shape index (κ3) is 1.94. The summed E-state index contributed by atoms with van der Waals surface area (Å²) in [7, 11) is 1.62. The number of aromatic nitrogens is 1. The van der Waals surface area contributed by atoms with Crippen LogP contribution < -0.4 is 4.74 Å². The molecule has 4 heteroatoms. The molecule has 0 fully saturated rings. The highest BCUT2D eigenvalue weighted by molar-refractivity contribution is 7.23. The summed E-state index contributed by atoms with van der Waals surface area (Å²) >= 11 is 1.50. The number of thiophene rings is 1. The molecule has 0 aliphatic carbocycles. The van der Waals surface area contributed by atoms with Crippen LogP contribution in [0.4, 0.5) is 0 Å². The second kappa shape index (κ2) is 4.55. The molecular formula is C15H13NO2S. The number of fused-ring (bicyclic) bond motifs is 1. The predicted octanol–water partition coefficient (Wildman–Crippen LogP) is 3.99. The second-order valence-electron chi connectivity index (χ2n) is 4.34. The van der Waals surface area contributed by atoms with E-state index in [1.54, 1.807) is 19.4 Å². The zero-order valence-electron chi connectivity index (χ0n) is 10.7. The van der Waals surface area contributed by atoms with Crippen LogP contribution in [0.15, 0.2) is 36.5 Å². The summed E-state index contributed by atoms with van der Waals surface area (Å²) in [4.78, 5) is 5.06. The van der Waals surface area contributed by atoms with E-state index in [2.05, 4.69) is 4.98 Å². The van der Waals surface area contributed by atoms with Gasteiger partial charge in [0.05, 0.1) is 16.7 Å². The lowest BCUT2D eigenvalue weighted by Gasteiger charge is -1.99. The Morgan fingerprint density at radius 1 is 1.16 bits per heavy atom. The molecule has 0 amide bonds. The third-order valence-corrected chi connectivity index (χ3v) is 4.28. The van der Waals surface area contributed by atoms with E-state index in [4.69, 9.17) is 4.74 Å². The molecule has 0 atom stereocenters. The number of methoxy groups -OCH3 is 1. The molecular weight excluding hydrogens is 258 g/mol. The summed E-state index contributed by atoms with van der Waals surface area (Å²) in [5.74, 6) is 0.964. The maximum absolute atomic E-state index is 10.3. The summed E-state index contributed by atoms with van der Waals surface area (Å²) in [6.07, 6.45) is 1.65. The first-order valence-electron chi connectivity index (χ1n) is 5.92. The summed E-state index contributed by atoms with van der Waals surface area (Å²) in [6.45, 7) is 2.04. The van der Waals surface area contributed by atoms with Gasteiger partial charge in [-0.3, -0.25) is 4.98 Å². The molecule has 2 heterocycles. The van der Waals surface area contributed by atoms with Crippen LogP contribution in [0.1, 0.15) is 5.56 Å². The van der Waals surface area contributed by atoms with Gasteiger partial charge in [-0.1, -0.05) is 29.8 Å². The molecule has 3 rings (SSSR count). The summed E-state index contributed by atoms with van der Waals surface area (Å²) in [6, 6.07) is 9.88. The Labute approximate surface area is 115 Å². The number of hydrogen-bond donors (Lipinski definition) is 1. The Morgan fingerprint density at radius 3 is 2.58 bits per heavy atom. The van der Waals surface area contributed by atoms with Gasteiger partial charge in [0.25, 0.3) is 0 Å². The minimum atomic E-state index is 0.225. The van der Waals surface area contributed by atoms with Gasteiger partial charge in [-0.05, 0) is 18.6 Å². The van der Waals surface area contributed by atoms with Gasteiger partial charge in [-0.2, -0.15) is 0 Å². The van der Waals surface area contributed by atoms with Crippen molar-refractivity contribution in [2.45, 2.75) is 6.92 Å². The van der Waals surface area contributed by atoms with E-state index in [0.717, 1.165) is 20.9 Å². The van der Waals surface area contributed by atoms with Crippen LogP contribution in [0.25, 0.3) is 20.7 Å². The van der Waals surface area contributed by atoms with E-state index < -0.39 is 0 Å². The number of aromatic hydroxyl groups is 1. The number of rotatable bonds is 2. The van der Waals surface area contributed by atoms with Crippen molar-refractivity contribution in [2.24, 2.45) is 0 Å². The van der Waals surface area contributed by atoms with Crippen molar-refractivity contribution >= 4 is 21.6 Å². The molecule has 0 spiro atoms. The lowest BCUT2D eigenvalue weighted by molar-refractivity contribution is 0.420. The largest absolute Gasteiger partial charge is 0.504 e. The van der Waals surface area contributed by atoms with Gasteiger partial charge < -0.3 is 9.84 Å². The zero-order chi connectivity index (χ0) is 13.4. The molecule has 0 aliphatic heterocycles. The van der Waals surface area contributed by atoms with Crippen LogP contribution in [0.2, 0.25) is 0 Å². The number of aryl methyl sites for hydroxylation is 1. The number of nitrogens with zero attached hydrogens (tertiary/aromatic N) is 1. The third-order valence-electron chi connectivity index (χ3n) is 3.05. The molecule has 0 saturated carbocycles. The molecule has 0 aliphatic rings. The molecule has 1 N–H and O–H groups in total. The Hall–Kier alpha value is -2.07. The predicted molar refractivity (Wildman–Crippen MR) is 78.0 cm³/mol. The van der Waals surface area contributed by atoms with Crippen molar-refractivity contribution in [2.75, 3.05) is 7.11 Å². The quantitative estimate of drug-likeness (QED) is 0.766. The van der Waals surface area contributed by atoms with Crippen LogP contribution in [-0.4, -0.2) is 17.2 Å². The molecule has 1 aromatic carbocycles. The lowest BCUT2D eigenvalue weighted by atomic mass is 10.1. The standard InChI is InChI=1S/C15H13NO2S/c1-9-3-5-10(6-4-9)14-13(17)12-15(19-14)11(18-2)7-8-16-12/h3-8,17H,1-2H3. The smallest absolute Gasteiger partial charge is 0.160 e. The number of pyridine rings is 1. The fourth-order valence-corrected chi connectivity index (χ4v) is 3.17. The molecule has 3 nitrogen and oxygen atoms in total. The lowest BCUT2D eigenvalue weighted by Crippen LogP contribution is -1.82. The van der Waals surface area contributed by atoms with Crippen LogP contribution in [-0.2, 0) is 0 Å². The van der Waals surface area contributed by atoms with Crippen LogP contribution in [0.5, 0.6) is 11.5 Å². The van der Waals surface area contributed by atoms with Crippen molar-refractivity contribution < 1.29 is 9.84 Å². The highest BCUT2D eigenvalue weighted by Crippen LogP contribution is 2.45. The minimum absolute atomic E-state index is 0.225. The van der Waals surface area contributed by atoms with E-state index in [-0.39, 0.29) is 5.75 Å². The maximum Gasteiger partial charge on any atom is 0.160 e. The van der Waals surface area contributed by atoms with E-state index in [1.165, 1.54) is 16.9 Å². The highest BCUT2D eigenvalue weighted by atomic mass is 32.1. The maximum atomic E-state index is 10.3. The first kappa shape index (κ1) is 12.0. The average molecular weight is 271 g/mol. The molecule has 96 valence electrons. The first-order valence-corrected chi connectivity index (χ1v) is 6.74. The second-order valence-corrected chi connectivity index (χ2v) is 5.36. The number of hydrogen-bond acceptors (Lipinski definition) is 4. The Kier molecular flexibility index (Phi) is 2.87. The van der Waals surface area contributed by atoms with Crippen LogP contribution in [0, 0.1) is 6.92 Å². The Bertz CT molecular complexity index is 732. The first-order chi connectivity index (χ1) is 9.20. The fraction of sp³-hybridized carbons (Fsp3) is 0.133. The summed E-state index contributed by atoms with van der Waals surface area (Å²) < 4.78 is 6.18. The molecule has 0 radical (unpaired) electrons. The van der Waals surface area contributed by atoms with Gasteiger partial charge in [0.15, 0.2) is 5.75 Å². The van der Waals surface area contributed by atoms with Crippen molar-refractivity contribution in [1.82, 2.24) is 4.98 Å². The summed E-state index contributed by atoms with van der Waals surface area (Å²) in [5, 5.41) is 10.3. The fourth-order valence-electron chi connectivity index (χ4n) is 2.02. The van der Waals surface area contributed by atoms with Crippen LogP contribution >= 0.6 is 11.3 Å². The topological polar surface area (TPSA) is 42.4 Å².